The van der Waals surface area contributed by atoms with Crippen LogP contribution in [0, 0.1) is 6.92 Å². The number of nitrogen functional groups attached to an aromatic ring is 1. The van der Waals surface area contributed by atoms with E-state index in [4.69, 9.17) is 5.73 Å². The van der Waals surface area contributed by atoms with E-state index in [9.17, 15) is 0 Å². The molecule has 0 aromatic heterocycles. The minimum absolute atomic E-state index is 0.888. The minimum atomic E-state index is 0.888. The van der Waals surface area contributed by atoms with Crippen LogP contribution in [0.2, 0.25) is 0 Å². The predicted molar refractivity (Wildman–Crippen MR) is 67.4 cm³/mol. The van der Waals surface area contributed by atoms with Gasteiger partial charge in [0.05, 0.1) is 11.4 Å². The van der Waals surface area contributed by atoms with Crippen LogP contribution in [0.1, 0.15) is 5.56 Å². The lowest BCUT2D eigenvalue weighted by Gasteiger charge is -2.23. The topological polar surface area (TPSA) is 32.5 Å². The van der Waals surface area contributed by atoms with E-state index in [1.807, 2.05) is 19.1 Å². The molecule has 15 heavy (non-hydrogen) atoms. The number of nitrogens with zero attached hydrogens (tertiary/aromatic N) is 2. The maximum absolute atomic E-state index is 6.03. The Kier molecular flexibility index (Phi) is 3.97. The van der Waals surface area contributed by atoms with Gasteiger partial charge in [-0.2, -0.15) is 0 Å². The summed E-state index contributed by atoms with van der Waals surface area (Å²) in [5.41, 5.74) is 9.19. The molecule has 1 aromatic carbocycles. The quantitative estimate of drug-likeness (QED) is 0.761. The first-order valence-corrected chi connectivity index (χ1v) is 5.23. The standard InChI is InChI=1S/C12H21N3/c1-10-6-5-7-11(12(10)13)15(4)9-8-14(2)3/h5-7H,8-9,13H2,1-4H3. The third kappa shape index (κ3) is 3.13. The second-order valence-corrected chi connectivity index (χ2v) is 4.23. The van der Waals surface area contributed by atoms with Crippen molar-refractivity contribution in [3.63, 3.8) is 0 Å². The first-order valence-electron chi connectivity index (χ1n) is 5.23. The van der Waals surface area contributed by atoms with Crippen LogP contribution in [0.15, 0.2) is 18.2 Å². The Morgan fingerprint density at radius 2 is 1.80 bits per heavy atom. The van der Waals surface area contributed by atoms with Crippen LogP contribution in [-0.4, -0.2) is 39.1 Å². The van der Waals surface area contributed by atoms with Crippen molar-refractivity contribution in [3.8, 4) is 0 Å². The molecule has 0 atom stereocenters. The molecule has 84 valence electrons. The van der Waals surface area contributed by atoms with Gasteiger partial charge >= 0.3 is 0 Å². The van der Waals surface area contributed by atoms with Gasteiger partial charge in [-0.3, -0.25) is 0 Å². The molecule has 0 heterocycles. The lowest BCUT2D eigenvalue weighted by Crippen LogP contribution is -2.29. The fraction of sp³-hybridized carbons (Fsp3) is 0.500. The largest absolute Gasteiger partial charge is 0.397 e. The van der Waals surface area contributed by atoms with Crippen LogP contribution in [0.4, 0.5) is 11.4 Å². The minimum Gasteiger partial charge on any atom is -0.397 e. The van der Waals surface area contributed by atoms with Crippen LogP contribution < -0.4 is 10.6 Å². The fourth-order valence-corrected chi connectivity index (χ4v) is 1.47. The van der Waals surface area contributed by atoms with E-state index >= 15 is 0 Å². The van der Waals surface area contributed by atoms with Gasteiger partial charge in [0.15, 0.2) is 0 Å². The number of hydrogen-bond donors (Lipinski definition) is 1. The van der Waals surface area contributed by atoms with Crippen molar-refractivity contribution in [1.82, 2.24) is 4.90 Å². The van der Waals surface area contributed by atoms with E-state index < -0.39 is 0 Å². The molecular formula is C12H21N3. The van der Waals surface area contributed by atoms with Gasteiger partial charge in [0, 0.05) is 20.1 Å². The van der Waals surface area contributed by atoms with E-state index in [0.717, 1.165) is 30.0 Å². The van der Waals surface area contributed by atoms with Crippen molar-refractivity contribution >= 4 is 11.4 Å². The first-order chi connectivity index (χ1) is 7.02. The highest BCUT2D eigenvalue weighted by Crippen LogP contribution is 2.24. The molecule has 0 radical (unpaired) electrons. The highest BCUT2D eigenvalue weighted by molar-refractivity contribution is 5.70. The zero-order chi connectivity index (χ0) is 11.4. The SMILES string of the molecule is Cc1cccc(N(C)CCN(C)C)c1N. The molecule has 0 saturated heterocycles. The summed E-state index contributed by atoms with van der Waals surface area (Å²) in [5.74, 6) is 0. The number of para-hydroxylation sites is 1. The maximum atomic E-state index is 6.03. The molecule has 0 amide bonds. The van der Waals surface area contributed by atoms with Crippen LogP contribution in [0.25, 0.3) is 0 Å². The van der Waals surface area contributed by atoms with E-state index in [0.29, 0.717) is 0 Å². The van der Waals surface area contributed by atoms with Gasteiger partial charge in [-0.05, 0) is 32.6 Å². The number of likely N-dealkylation sites (N-methyl/N-ethyl adjacent to an activating group) is 2. The van der Waals surface area contributed by atoms with Crippen molar-refractivity contribution < 1.29 is 0 Å². The van der Waals surface area contributed by atoms with Crippen molar-refractivity contribution in [3.05, 3.63) is 23.8 Å². The highest BCUT2D eigenvalue weighted by Gasteiger charge is 2.06. The van der Waals surface area contributed by atoms with Gasteiger partial charge in [-0.15, -0.1) is 0 Å². The third-order valence-electron chi connectivity index (χ3n) is 2.59. The molecule has 0 saturated carbocycles. The van der Waals surface area contributed by atoms with Crippen molar-refractivity contribution in [2.75, 3.05) is 44.9 Å². The Morgan fingerprint density at radius 1 is 1.13 bits per heavy atom. The highest BCUT2D eigenvalue weighted by atomic mass is 15.2. The third-order valence-corrected chi connectivity index (χ3v) is 2.59. The van der Waals surface area contributed by atoms with Gasteiger partial charge in [-0.1, -0.05) is 12.1 Å². The van der Waals surface area contributed by atoms with Crippen LogP contribution in [0.5, 0.6) is 0 Å². The Labute approximate surface area is 92.5 Å². The summed E-state index contributed by atoms with van der Waals surface area (Å²) in [4.78, 5) is 4.37. The van der Waals surface area contributed by atoms with Crippen molar-refractivity contribution in [2.24, 2.45) is 0 Å². The fourth-order valence-electron chi connectivity index (χ4n) is 1.47. The molecule has 3 nitrogen and oxygen atoms in total. The van der Waals surface area contributed by atoms with Gasteiger partial charge < -0.3 is 15.5 Å². The van der Waals surface area contributed by atoms with Crippen LogP contribution >= 0.6 is 0 Å². The normalized spacial score (nSPS) is 10.7. The summed E-state index contributed by atoms with van der Waals surface area (Å²) in [6.07, 6.45) is 0. The number of rotatable bonds is 4. The molecule has 1 rings (SSSR count). The second kappa shape index (κ2) is 5.03. The zero-order valence-electron chi connectivity index (χ0n) is 10.1. The number of benzene rings is 1. The number of nitrogens with two attached hydrogens (primary N) is 1. The molecule has 0 fully saturated rings. The Balaban J connectivity index is 2.73. The molecular weight excluding hydrogens is 186 g/mol. The predicted octanol–water partition coefficient (Wildman–Crippen LogP) is 1.58. The Morgan fingerprint density at radius 3 is 2.40 bits per heavy atom. The van der Waals surface area contributed by atoms with E-state index in [-0.39, 0.29) is 0 Å². The maximum Gasteiger partial charge on any atom is 0.0600 e. The molecule has 0 bridgehead atoms. The zero-order valence-corrected chi connectivity index (χ0v) is 10.1. The van der Waals surface area contributed by atoms with Crippen molar-refractivity contribution in [1.29, 1.82) is 0 Å². The molecule has 2 N–H and O–H groups in total. The van der Waals surface area contributed by atoms with Crippen LogP contribution in [0.3, 0.4) is 0 Å². The first kappa shape index (κ1) is 11.9. The lowest BCUT2D eigenvalue weighted by molar-refractivity contribution is 0.416. The second-order valence-electron chi connectivity index (χ2n) is 4.23. The molecule has 0 unspecified atom stereocenters. The van der Waals surface area contributed by atoms with E-state index in [1.165, 1.54) is 0 Å². The lowest BCUT2D eigenvalue weighted by atomic mass is 10.1. The smallest absolute Gasteiger partial charge is 0.0600 e. The molecule has 1 aromatic rings. The summed E-state index contributed by atoms with van der Waals surface area (Å²) >= 11 is 0. The average molecular weight is 207 g/mol. The molecule has 3 heteroatoms. The van der Waals surface area contributed by atoms with Crippen LogP contribution in [-0.2, 0) is 0 Å². The number of anilines is 2. The van der Waals surface area contributed by atoms with E-state index in [2.05, 4.69) is 37.0 Å². The average Bonchev–Trinajstić information content (AvgIpc) is 2.18. The summed E-state index contributed by atoms with van der Waals surface area (Å²) in [7, 11) is 6.23. The summed E-state index contributed by atoms with van der Waals surface area (Å²) in [6.45, 7) is 4.06. The molecule has 0 aliphatic heterocycles. The molecule has 0 spiro atoms. The number of aryl methyl sites for hydroxylation is 1. The summed E-state index contributed by atoms with van der Waals surface area (Å²) in [6, 6.07) is 6.16. The summed E-state index contributed by atoms with van der Waals surface area (Å²) < 4.78 is 0. The molecule has 0 aliphatic carbocycles. The summed E-state index contributed by atoms with van der Waals surface area (Å²) in [5, 5.41) is 0. The molecule has 0 aliphatic rings. The van der Waals surface area contributed by atoms with Gasteiger partial charge in [0.1, 0.15) is 0 Å². The number of hydrogen-bond acceptors (Lipinski definition) is 3. The monoisotopic (exact) mass is 207 g/mol. The van der Waals surface area contributed by atoms with Crippen molar-refractivity contribution in [2.45, 2.75) is 6.92 Å². The van der Waals surface area contributed by atoms with E-state index in [1.54, 1.807) is 0 Å². The Hall–Kier alpha value is -1.22. The van der Waals surface area contributed by atoms with Gasteiger partial charge in [0.25, 0.3) is 0 Å². The Bertz CT molecular complexity index is 321. The van der Waals surface area contributed by atoms with Gasteiger partial charge in [0.2, 0.25) is 0 Å². The van der Waals surface area contributed by atoms with Gasteiger partial charge in [-0.25, -0.2) is 0 Å².